The van der Waals surface area contributed by atoms with Crippen LogP contribution >= 0.6 is 0 Å². The minimum Gasteiger partial charge on any atom is -0.481 e. The van der Waals surface area contributed by atoms with Crippen molar-refractivity contribution in [2.75, 3.05) is 5.32 Å². The van der Waals surface area contributed by atoms with Crippen molar-refractivity contribution in [2.45, 2.75) is 38.5 Å². The molecule has 1 aromatic rings. The van der Waals surface area contributed by atoms with Gasteiger partial charge in [-0.05, 0) is 43.4 Å². The van der Waals surface area contributed by atoms with Crippen LogP contribution < -0.4 is 10.6 Å². The van der Waals surface area contributed by atoms with Crippen molar-refractivity contribution in [3.63, 3.8) is 0 Å². The largest absolute Gasteiger partial charge is 0.481 e. The topological polar surface area (TPSA) is 78.4 Å². The van der Waals surface area contributed by atoms with E-state index in [9.17, 15) is 9.59 Å². The number of carbonyl (C=O) groups is 2. The summed E-state index contributed by atoms with van der Waals surface area (Å²) in [5.74, 6) is -0.868. The van der Waals surface area contributed by atoms with Crippen molar-refractivity contribution in [3.8, 4) is 0 Å². The average Bonchev–Trinajstić information content (AvgIpc) is 2.48. The Hall–Kier alpha value is -2.30. The van der Waals surface area contributed by atoms with Gasteiger partial charge in [-0.25, -0.2) is 4.79 Å². The third-order valence-corrected chi connectivity index (χ3v) is 3.47. The maximum absolute atomic E-state index is 11.8. The first-order chi connectivity index (χ1) is 10.1. The third-order valence-electron chi connectivity index (χ3n) is 3.47. The molecule has 1 aliphatic rings. The number of aliphatic carboxylic acids is 1. The molecule has 1 aliphatic carbocycles. The van der Waals surface area contributed by atoms with Crippen LogP contribution in [0, 0.1) is 0 Å². The number of urea groups is 1. The zero-order valence-electron chi connectivity index (χ0n) is 11.9. The molecule has 1 aromatic carbocycles. The molecule has 21 heavy (non-hydrogen) atoms. The van der Waals surface area contributed by atoms with E-state index in [0.717, 1.165) is 12.8 Å². The molecule has 1 saturated carbocycles. The highest BCUT2D eigenvalue weighted by molar-refractivity contribution is 5.89. The molecule has 0 saturated heterocycles. The zero-order valence-corrected chi connectivity index (χ0v) is 11.9. The van der Waals surface area contributed by atoms with Gasteiger partial charge in [0, 0.05) is 11.9 Å². The fraction of sp³-hybridized carbons (Fsp3) is 0.375. The monoisotopic (exact) mass is 288 g/mol. The lowest BCUT2D eigenvalue weighted by Gasteiger charge is -2.13. The normalized spacial score (nSPS) is 14.4. The molecule has 112 valence electrons. The van der Waals surface area contributed by atoms with Gasteiger partial charge in [0.25, 0.3) is 0 Å². The first kappa shape index (κ1) is 15.1. The van der Waals surface area contributed by atoms with E-state index in [-0.39, 0.29) is 12.5 Å². The molecule has 0 atom stereocenters. The van der Waals surface area contributed by atoms with Gasteiger partial charge in [-0.2, -0.15) is 0 Å². The Morgan fingerprint density at radius 2 is 1.76 bits per heavy atom. The molecule has 1 fully saturated rings. The molecule has 0 spiro atoms. The molecule has 0 aliphatic heterocycles. The Balaban J connectivity index is 1.83. The molecule has 0 unspecified atom stereocenters. The van der Waals surface area contributed by atoms with Crippen LogP contribution in [-0.4, -0.2) is 17.1 Å². The highest BCUT2D eigenvalue weighted by Crippen LogP contribution is 2.21. The predicted molar refractivity (Wildman–Crippen MR) is 81.1 cm³/mol. The molecule has 0 heterocycles. The third kappa shape index (κ3) is 5.30. The van der Waals surface area contributed by atoms with Crippen molar-refractivity contribution in [2.24, 2.45) is 0 Å². The Labute approximate surface area is 124 Å². The smallest absolute Gasteiger partial charge is 0.323 e. The second-order valence-electron chi connectivity index (χ2n) is 5.23. The lowest BCUT2D eigenvalue weighted by molar-refractivity contribution is -0.136. The van der Waals surface area contributed by atoms with Crippen molar-refractivity contribution in [3.05, 3.63) is 41.6 Å². The fourth-order valence-corrected chi connectivity index (χ4v) is 2.37. The van der Waals surface area contributed by atoms with Gasteiger partial charge in [0.05, 0.1) is 6.42 Å². The van der Waals surface area contributed by atoms with E-state index >= 15 is 0 Å². The van der Waals surface area contributed by atoms with Crippen LogP contribution in [0.4, 0.5) is 10.5 Å². The number of nitrogens with one attached hydrogen (secondary N) is 2. The van der Waals surface area contributed by atoms with Gasteiger partial charge in [-0.15, -0.1) is 0 Å². The quantitative estimate of drug-likeness (QED) is 0.795. The average molecular weight is 288 g/mol. The molecule has 5 nitrogen and oxygen atoms in total. The summed E-state index contributed by atoms with van der Waals surface area (Å²) >= 11 is 0. The van der Waals surface area contributed by atoms with Gasteiger partial charge in [-0.3, -0.25) is 4.79 Å². The maximum atomic E-state index is 11.8. The number of rotatable bonds is 4. The molecule has 2 amide bonds. The number of carboxylic acid groups (broad SMARTS) is 1. The summed E-state index contributed by atoms with van der Waals surface area (Å²) in [4.78, 5) is 22.3. The summed E-state index contributed by atoms with van der Waals surface area (Å²) in [6.45, 7) is 0. The van der Waals surface area contributed by atoms with Crippen molar-refractivity contribution < 1.29 is 14.7 Å². The summed E-state index contributed by atoms with van der Waals surface area (Å²) in [6, 6.07) is 6.52. The Morgan fingerprint density at radius 3 is 2.38 bits per heavy atom. The molecule has 5 heteroatoms. The van der Waals surface area contributed by atoms with Gasteiger partial charge in [0.1, 0.15) is 0 Å². The van der Waals surface area contributed by atoms with Crippen LogP contribution in [0.1, 0.15) is 37.7 Å². The number of carbonyl (C=O) groups excluding carboxylic acids is 1. The summed E-state index contributed by atoms with van der Waals surface area (Å²) in [6.07, 6.45) is 7.56. The van der Waals surface area contributed by atoms with Crippen LogP contribution in [-0.2, 0) is 11.2 Å². The van der Waals surface area contributed by atoms with E-state index in [4.69, 9.17) is 5.11 Å². The standard InChI is InChI=1S/C16H20N2O3/c19-15(20)10-12-6-8-14(9-7-12)18-16(21)17-11-13-4-2-1-3-5-13/h6-9,11H,1-5,10H2,(H,19,20)(H2,17,18,21). The van der Waals surface area contributed by atoms with E-state index in [2.05, 4.69) is 10.6 Å². The highest BCUT2D eigenvalue weighted by Gasteiger charge is 2.06. The summed E-state index contributed by atoms with van der Waals surface area (Å²) in [5, 5.41) is 14.2. The fourth-order valence-electron chi connectivity index (χ4n) is 2.37. The number of hydrogen-bond donors (Lipinski definition) is 3. The van der Waals surface area contributed by atoms with Gasteiger partial charge >= 0.3 is 12.0 Å². The molecular formula is C16H20N2O3. The molecular weight excluding hydrogens is 268 g/mol. The van der Waals surface area contributed by atoms with Crippen molar-refractivity contribution >= 4 is 17.7 Å². The molecule has 2 rings (SSSR count). The number of allylic oxidation sites excluding steroid dienone is 1. The number of benzene rings is 1. The minimum atomic E-state index is -0.868. The van der Waals surface area contributed by atoms with Crippen LogP contribution in [0.2, 0.25) is 0 Å². The van der Waals surface area contributed by atoms with Gasteiger partial charge in [-0.1, -0.05) is 24.1 Å². The van der Waals surface area contributed by atoms with E-state index in [1.165, 1.54) is 24.8 Å². The molecule has 3 N–H and O–H groups in total. The number of anilines is 1. The summed E-state index contributed by atoms with van der Waals surface area (Å²) in [5.41, 5.74) is 2.63. The van der Waals surface area contributed by atoms with Gasteiger partial charge in [0.2, 0.25) is 0 Å². The Morgan fingerprint density at radius 1 is 1.10 bits per heavy atom. The molecule has 0 aromatic heterocycles. The zero-order chi connectivity index (χ0) is 15.1. The predicted octanol–water partition coefficient (Wildman–Crippen LogP) is 3.28. The van der Waals surface area contributed by atoms with E-state index in [1.54, 1.807) is 30.5 Å². The number of amides is 2. The molecule has 0 radical (unpaired) electrons. The van der Waals surface area contributed by atoms with Crippen LogP contribution in [0.25, 0.3) is 0 Å². The Kier molecular flexibility index (Phi) is 5.37. The molecule has 0 bridgehead atoms. The van der Waals surface area contributed by atoms with Crippen LogP contribution in [0.15, 0.2) is 36.0 Å². The first-order valence-corrected chi connectivity index (χ1v) is 7.19. The van der Waals surface area contributed by atoms with Crippen molar-refractivity contribution in [1.82, 2.24) is 5.32 Å². The van der Waals surface area contributed by atoms with Crippen LogP contribution in [0.5, 0.6) is 0 Å². The van der Waals surface area contributed by atoms with Crippen LogP contribution in [0.3, 0.4) is 0 Å². The number of hydrogen-bond acceptors (Lipinski definition) is 2. The van der Waals surface area contributed by atoms with E-state index < -0.39 is 5.97 Å². The Bertz CT molecular complexity index is 527. The van der Waals surface area contributed by atoms with E-state index in [0.29, 0.717) is 11.3 Å². The SMILES string of the molecule is O=C(O)Cc1ccc(NC(=O)NC=C2CCCCC2)cc1. The number of carboxylic acids is 1. The second-order valence-corrected chi connectivity index (χ2v) is 5.23. The maximum Gasteiger partial charge on any atom is 0.323 e. The van der Waals surface area contributed by atoms with Gasteiger partial charge < -0.3 is 15.7 Å². The lowest BCUT2D eigenvalue weighted by atomic mass is 9.96. The second kappa shape index (κ2) is 7.47. The minimum absolute atomic E-state index is 0.0153. The summed E-state index contributed by atoms with van der Waals surface area (Å²) in [7, 11) is 0. The van der Waals surface area contributed by atoms with Crippen molar-refractivity contribution in [1.29, 1.82) is 0 Å². The highest BCUT2D eigenvalue weighted by atomic mass is 16.4. The lowest BCUT2D eigenvalue weighted by Crippen LogP contribution is -2.24. The van der Waals surface area contributed by atoms with Gasteiger partial charge in [0.15, 0.2) is 0 Å². The summed E-state index contributed by atoms with van der Waals surface area (Å²) < 4.78 is 0. The first-order valence-electron chi connectivity index (χ1n) is 7.19. The van der Waals surface area contributed by atoms with E-state index in [1.807, 2.05) is 0 Å².